The molecule has 0 atom stereocenters. The molecule has 106 valence electrons. The highest BCUT2D eigenvalue weighted by molar-refractivity contribution is 6.30. The number of nitrogens with zero attached hydrogens (tertiary/aromatic N) is 4. The minimum atomic E-state index is 0.0307. The number of nitrogens with one attached hydrogen (secondary N) is 1. The monoisotopic (exact) mass is 296 g/mol. The van der Waals surface area contributed by atoms with Crippen LogP contribution in [0.4, 0.5) is 5.95 Å². The van der Waals surface area contributed by atoms with Crippen LogP contribution in [-0.4, -0.2) is 26.5 Å². The van der Waals surface area contributed by atoms with Crippen LogP contribution in [0.1, 0.15) is 13.3 Å². The molecule has 20 heavy (non-hydrogen) atoms. The standard InChI is InChI=1S/C11H13ClN6O2/c1-2-3-19-10-15-9(18-13)16-11(17-10)20-8-4-7(12)5-14-6-8/h4-6H,2-3,13H2,1H3,(H,15,16,17,18). The number of rotatable bonds is 6. The molecule has 2 aromatic rings. The fourth-order valence-electron chi connectivity index (χ4n) is 1.26. The molecule has 0 aliphatic carbocycles. The van der Waals surface area contributed by atoms with E-state index in [0.29, 0.717) is 17.4 Å². The van der Waals surface area contributed by atoms with Crippen LogP contribution in [0.5, 0.6) is 17.8 Å². The number of hydrogen-bond acceptors (Lipinski definition) is 8. The Morgan fingerprint density at radius 2 is 2.05 bits per heavy atom. The molecule has 0 fully saturated rings. The maximum atomic E-state index is 5.82. The molecule has 0 aliphatic rings. The normalized spacial score (nSPS) is 10.2. The quantitative estimate of drug-likeness (QED) is 0.613. The molecule has 0 unspecified atom stereocenters. The number of anilines is 1. The van der Waals surface area contributed by atoms with E-state index < -0.39 is 0 Å². The lowest BCUT2D eigenvalue weighted by atomic mass is 10.5. The minimum absolute atomic E-state index is 0.0307. The SMILES string of the molecule is CCCOc1nc(NN)nc(Oc2cncc(Cl)c2)n1. The van der Waals surface area contributed by atoms with Crippen molar-refractivity contribution in [1.82, 2.24) is 19.9 Å². The lowest BCUT2D eigenvalue weighted by Crippen LogP contribution is -2.13. The largest absolute Gasteiger partial charge is 0.463 e. The van der Waals surface area contributed by atoms with E-state index in [4.69, 9.17) is 26.9 Å². The average Bonchev–Trinajstić information content (AvgIpc) is 2.45. The van der Waals surface area contributed by atoms with E-state index in [2.05, 4.69) is 25.4 Å². The van der Waals surface area contributed by atoms with Gasteiger partial charge in [-0.15, -0.1) is 4.98 Å². The first-order valence-electron chi connectivity index (χ1n) is 5.85. The first-order chi connectivity index (χ1) is 9.71. The summed E-state index contributed by atoms with van der Waals surface area (Å²) in [5, 5.41) is 0.441. The summed E-state index contributed by atoms with van der Waals surface area (Å²) >= 11 is 5.82. The first-order valence-corrected chi connectivity index (χ1v) is 6.23. The Kier molecular flexibility index (Phi) is 4.85. The molecular weight excluding hydrogens is 284 g/mol. The van der Waals surface area contributed by atoms with E-state index in [9.17, 15) is 0 Å². The van der Waals surface area contributed by atoms with E-state index in [1.165, 1.54) is 12.4 Å². The average molecular weight is 297 g/mol. The van der Waals surface area contributed by atoms with Crippen molar-refractivity contribution in [3.05, 3.63) is 23.5 Å². The number of pyridine rings is 1. The van der Waals surface area contributed by atoms with Crippen molar-refractivity contribution in [2.24, 2.45) is 5.84 Å². The Bertz CT molecular complexity index is 583. The number of nitrogens with two attached hydrogens (primary N) is 1. The molecule has 0 bridgehead atoms. The number of halogens is 1. The van der Waals surface area contributed by atoms with Crippen LogP contribution < -0.4 is 20.7 Å². The zero-order valence-corrected chi connectivity index (χ0v) is 11.5. The zero-order valence-electron chi connectivity index (χ0n) is 10.7. The summed E-state index contributed by atoms with van der Waals surface area (Å²) < 4.78 is 10.8. The summed E-state index contributed by atoms with van der Waals surface area (Å²) in [6.45, 7) is 2.45. The van der Waals surface area contributed by atoms with Crippen LogP contribution in [0.25, 0.3) is 0 Å². The molecule has 3 N–H and O–H groups in total. The van der Waals surface area contributed by atoms with Crippen molar-refractivity contribution in [2.45, 2.75) is 13.3 Å². The van der Waals surface area contributed by atoms with Crippen LogP contribution in [0.15, 0.2) is 18.5 Å². The highest BCUT2D eigenvalue weighted by atomic mass is 35.5. The number of hydrogen-bond donors (Lipinski definition) is 2. The summed E-state index contributed by atoms with van der Waals surface area (Å²) in [4.78, 5) is 15.8. The van der Waals surface area contributed by atoms with Crippen molar-refractivity contribution in [1.29, 1.82) is 0 Å². The fourth-order valence-corrected chi connectivity index (χ4v) is 1.42. The van der Waals surface area contributed by atoms with Crippen LogP contribution >= 0.6 is 11.6 Å². The first kappa shape index (κ1) is 14.2. The van der Waals surface area contributed by atoms with Gasteiger partial charge in [0.1, 0.15) is 0 Å². The van der Waals surface area contributed by atoms with Gasteiger partial charge in [-0.3, -0.25) is 10.4 Å². The summed E-state index contributed by atoms with van der Waals surface area (Å²) in [5.74, 6) is 5.82. The van der Waals surface area contributed by atoms with Gasteiger partial charge in [0.25, 0.3) is 0 Å². The van der Waals surface area contributed by atoms with Crippen LogP contribution in [0, 0.1) is 0 Å². The van der Waals surface area contributed by atoms with Gasteiger partial charge in [-0.25, -0.2) is 5.84 Å². The third-order valence-electron chi connectivity index (χ3n) is 2.05. The summed E-state index contributed by atoms with van der Waals surface area (Å²) in [5.41, 5.74) is 2.32. The van der Waals surface area contributed by atoms with Crippen LogP contribution in [-0.2, 0) is 0 Å². The lowest BCUT2D eigenvalue weighted by molar-refractivity contribution is 0.285. The van der Waals surface area contributed by atoms with Crippen molar-refractivity contribution < 1.29 is 9.47 Å². The fraction of sp³-hybridized carbons (Fsp3) is 0.273. The predicted molar refractivity (Wildman–Crippen MR) is 72.7 cm³/mol. The molecule has 0 amide bonds. The number of ether oxygens (including phenoxy) is 2. The molecule has 0 saturated heterocycles. The minimum Gasteiger partial charge on any atom is -0.463 e. The zero-order chi connectivity index (χ0) is 14.4. The van der Waals surface area contributed by atoms with Crippen molar-refractivity contribution in [3.63, 3.8) is 0 Å². The van der Waals surface area contributed by atoms with Gasteiger partial charge < -0.3 is 9.47 Å². The smallest absolute Gasteiger partial charge is 0.330 e. The van der Waals surface area contributed by atoms with Gasteiger partial charge in [-0.05, 0) is 6.42 Å². The molecule has 2 heterocycles. The van der Waals surface area contributed by atoms with Crippen molar-refractivity contribution in [3.8, 4) is 17.8 Å². The van der Waals surface area contributed by atoms with Gasteiger partial charge >= 0.3 is 12.0 Å². The van der Waals surface area contributed by atoms with E-state index in [1.807, 2.05) is 6.92 Å². The topological polar surface area (TPSA) is 108 Å². The molecule has 0 aliphatic heterocycles. The van der Waals surface area contributed by atoms with Gasteiger partial charge in [0.05, 0.1) is 17.8 Å². The van der Waals surface area contributed by atoms with E-state index in [-0.39, 0.29) is 18.0 Å². The Hall–Kier alpha value is -2.19. The predicted octanol–water partition coefficient (Wildman–Crippen LogP) is 1.79. The summed E-state index contributed by atoms with van der Waals surface area (Å²) in [7, 11) is 0. The van der Waals surface area contributed by atoms with Gasteiger partial charge in [-0.2, -0.15) is 9.97 Å². The molecule has 0 radical (unpaired) electrons. The van der Waals surface area contributed by atoms with E-state index in [1.54, 1.807) is 6.07 Å². The summed E-state index contributed by atoms with van der Waals surface area (Å²) in [6, 6.07) is 1.74. The van der Waals surface area contributed by atoms with Gasteiger partial charge in [-0.1, -0.05) is 18.5 Å². The maximum absolute atomic E-state index is 5.82. The van der Waals surface area contributed by atoms with E-state index >= 15 is 0 Å². The highest BCUT2D eigenvalue weighted by Crippen LogP contribution is 2.22. The third kappa shape index (κ3) is 3.90. The van der Waals surface area contributed by atoms with Crippen molar-refractivity contribution in [2.75, 3.05) is 12.0 Å². The summed E-state index contributed by atoms with van der Waals surface area (Å²) in [6.07, 6.45) is 3.80. The highest BCUT2D eigenvalue weighted by Gasteiger charge is 2.09. The molecule has 0 aromatic carbocycles. The maximum Gasteiger partial charge on any atom is 0.330 e. The second kappa shape index (κ2) is 6.83. The number of aromatic nitrogens is 4. The second-order valence-electron chi connectivity index (χ2n) is 3.66. The van der Waals surface area contributed by atoms with Crippen molar-refractivity contribution >= 4 is 17.5 Å². The lowest BCUT2D eigenvalue weighted by Gasteiger charge is -2.08. The third-order valence-corrected chi connectivity index (χ3v) is 2.25. The number of nitrogen functional groups attached to an aromatic ring is 1. The Labute approximate surface area is 120 Å². The van der Waals surface area contributed by atoms with Gasteiger partial charge in [0, 0.05) is 12.3 Å². The Morgan fingerprint density at radius 1 is 1.25 bits per heavy atom. The van der Waals surface area contributed by atoms with E-state index in [0.717, 1.165) is 6.42 Å². The Morgan fingerprint density at radius 3 is 2.75 bits per heavy atom. The molecule has 2 rings (SSSR count). The van der Waals surface area contributed by atoms with Crippen LogP contribution in [0.2, 0.25) is 5.02 Å². The molecule has 2 aromatic heterocycles. The molecule has 0 saturated carbocycles. The molecular formula is C11H13ClN6O2. The molecule has 8 nitrogen and oxygen atoms in total. The number of hydrazine groups is 1. The van der Waals surface area contributed by atoms with Crippen LogP contribution in [0.3, 0.4) is 0 Å². The molecule has 0 spiro atoms. The molecule has 9 heteroatoms. The Balaban J connectivity index is 2.21. The second-order valence-corrected chi connectivity index (χ2v) is 4.09. The van der Waals surface area contributed by atoms with Gasteiger partial charge in [0.2, 0.25) is 5.95 Å². The van der Waals surface area contributed by atoms with Gasteiger partial charge in [0.15, 0.2) is 5.75 Å².